The number of thiophene rings is 1. The molecule has 5 heteroatoms. The molecule has 4 rings (SSSR count). The van der Waals surface area contributed by atoms with Crippen molar-refractivity contribution < 1.29 is 0 Å². The highest BCUT2D eigenvalue weighted by atomic mass is 32.2. The van der Waals surface area contributed by atoms with E-state index in [1.807, 2.05) is 11.3 Å². The van der Waals surface area contributed by atoms with Gasteiger partial charge in [0.1, 0.15) is 10.6 Å². The van der Waals surface area contributed by atoms with E-state index < -0.39 is 0 Å². The van der Waals surface area contributed by atoms with Crippen LogP contribution in [-0.4, -0.2) is 15.2 Å². The molecule has 26 heavy (non-hydrogen) atoms. The lowest BCUT2D eigenvalue weighted by Crippen LogP contribution is -2.10. The number of anilines is 1. The normalized spacial score (nSPS) is 16.8. The topological polar surface area (TPSA) is 37.8 Å². The van der Waals surface area contributed by atoms with Crippen molar-refractivity contribution in [2.75, 3.05) is 5.32 Å². The molecule has 1 aromatic carbocycles. The molecule has 2 aromatic heterocycles. The fourth-order valence-corrected chi connectivity index (χ4v) is 5.65. The van der Waals surface area contributed by atoms with Gasteiger partial charge in [0.15, 0.2) is 5.16 Å². The van der Waals surface area contributed by atoms with E-state index in [0.717, 1.165) is 34.7 Å². The predicted molar refractivity (Wildman–Crippen MR) is 113 cm³/mol. The Bertz CT molecular complexity index is 903. The number of aromatic nitrogens is 2. The van der Waals surface area contributed by atoms with Crippen LogP contribution in [0.15, 0.2) is 35.5 Å². The molecule has 1 aliphatic rings. The Morgan fingerprint density at radius 3 is 2.81 bits per heavy atom. The largest absolute Gasteiger partial charge is 0.365 e. The number of benzene rings is 1. The number of nitrogens with zero attached hydrogens (tertiary/aromatic N) is 2. The molecule has 2 heterocycles. The fourth-order valence-electron chi connectivity index (χ4n) is 3.50. The SMILES string of the molecule is CC(C)Sc1nc(NCc2ccccc2)c2c3c(sc2n1)C[C@@H](C)CC3. The first-order chi connectivity index (χ1) is 12.6. The van der Waals surface area contributed by atoms with Gasteiger partial charge in [0.05, 0.1) is 5.39 Å². The second kappa shape index (κ2) is 7.57. The van der Waals surface area contributed by atoms with Crippen molar-refractivity contribution in [1.82, 2.24) is 9.97 Å². The molecule has 0 bridgehead atoms. The number of rotatable bonds is 5. The Labute approximate surface area is 163 Å². The van der Waals surface area contributed by atoms with Gasteiger partial charge in [-0.15, -0.1) is 11.3 Å². The molecule has 1 aliphatic carbocycles. The summed E-state index contributed by atoms with van der Waals surface area (Å²) in [6.07, 6.45) is 3.59. The zero-order valence-electron chi connectivity index (χ0n) is 15.6. The average Bonchev–Trinajstić information content (AvgIpc) is 2.97. The highest BCUT2D eigenvalue weighted by Crippen LogP contribution is 2.41. The number of aryl methyl sites for hydroxylation is 1. The summed E-state index contributed by atoms with van der Waals surface area (Å²) in [6, 6.07) is 10.5. The van der Waals surface area contributed by atoms with E-state index in [1.165, 1.54) is 34.2 Å². The van der Waals surface area contributed by atoms with Crippen LogP contribution in [0.4, 0.5) is 5.82 Å². The van der Waals surface area contributed by atoms with Crippen LogP contribution in [0, 0.1) is 5.92 Å². The first-order valence-electron chi connectivity index (χ1n) is 9.37. The minimum atomic E-state index is 0.476. The fraction of sp³-hybridized carbons (Fsp3) is 0.429. The zero-order chi connectivity index (χ0) is 18.1. The summed E-state index contributed by atoms with van der Waals surface area (Å²) in [5, 5.41) is 6.23. The first kappa shape index (κ1) is 17.8. The van der Waals surface area contributed by atoms with E-state index in [-0.39, 0.29) is 0 Å². The van der Waals surface area contributed by atoms with Gasteiger partial charge < -0.3 is 5.32 Å². The van der Waals surface area contributed by atoms with Gasteiger partial charge in [-0.05, 0) is 36.3 Å². The van der Waals surface area contributed by atoms with E-state index in [4.69, 9.17) is 9.97 Å². The molecule has 0 fully saturated rings. The molecule has 136 valence electrons. The van der Waals surface area contributed by atoms with E-state index in [1.54, 1.807) is 11.8 Å². The molecule has 0 aliphatic heterocycles. The monoisotopic (exact) mass is 383 g/mol. The second-order valence-corrected chi connectivity index (χ2v) is 10.0. The van der Waals surface area contributed by atoms with Crippen LogP contribution in [0.3, 0.4) is 0 Å². The Morgan fingerprint density at radius 1 is 1.23 bits per heavy atom. The smallest absolute Gasteiger partial charge is 0.191 e. The van der Waals surface area contributed by atoms with Crippen molar-refractivity contribution in [2.45, 2.75) is 57.0 Å². The van der Waals surface area contributed by atoms with Crippen molar-refractivity contribution in [3.63, 3.8) is 0 Å². The van der Waals surface area contributed by atoms with Gasteiger partial charge in [-0.25, -0.2) is 9.97 Å². The molecule has 3 nitrogen and oxygen atoms in total. The lowest BCUT2D eigenvalue weighted by Gasteiger charge is -2.18. The summed E-state index contributed by atoms with van der Waals surface area (Å²) >= 11 is 3.62. The summed E-state index contributed by atoms with van der Waals surface area (Å²) < 4.78 is 0. The maximum absolute atomic E-state index is 4.90. The number of nitrogens with one attached hydrogen (secondary N) is 1. The highest BCUT2D eigenvalue weighted by Gasteiger charge is 2.24. The zero-order valence-corrected chi connectivity index (χ0v) is 17.2. The number of hydrogen-bond acceptors (Lipinski definition) is 5. The predicted octanol–water partition coefficient (Wildman–Crippen LogP) is 5.93. The summed E-state index contributed by atoms with van der Waals surface area (Å²) in [4.78, 5) is 12.5. The van der Waals surface area contributed by atoms with Gasteiger partial charge in [0.2, 0.25) is 0 Å². The summed E-state index contributed by atoms with van der Waals surface area (Å²) in [5.41, 5.74) is 2.76. The third kappa shape index (κ3) is 3.74. The molecule has 3 aromatic rings. The third-order valence-electron chi connectivity index (χ3n) is 4.78. The van der Waals surface area contributed by atoms with E-state index in [0.29, 0.717) is 5.25 Å². The second-order valence-electron chi connectivity index (χ2n) is 7.39. The van der Waals surface area contributed by atoms with E-state index >= 15 is 0 Å². The van der Waals surface area contributed by atoms with Gasteiger partial charge >= 0.3 is 0 Å². The molecule has 0 radical (unpaired) electrons. The molecule has 0 unspecified atom stereocenters. The van der Waals surface area contributed by atoms with Crippen molar-refractivity contribution in [3.8, 4) is 0 Å². The Kier molecular flexibility index (Phi) is 5.18. The molecule has 0 spiro atoms. The van der Waals surface area contributed by atoms with Gasteiger partial charge in [-0.2, -0.15) is 0 Å². The number of hydrogen-bond donors (Lipinski definition) is 1. The molecule has 1 N–H and O–H groups in total. The van der Waals surface area contributed by atoms with Crippen LogP contribution in [0.1, 0.15) is 43.2 Å². The Morgan fingerprint density at radius 2 is 2.04 bits per heavy atom. The van der Waals surface area contributed by atoms with Gasteiger partial charge in [0, 0.05) is 16.7 Å². The van der Waals surface area contributed by atoms with Gasteiger partial charge in [-0.3, -0.25) is 0 Å². The lowest BCUT2D eigenvalue weighted by atomic mass is 9.89. The molecule has 0 amide bonds. The minimum absolute atomic E-state index is 0.476. The molecule has 0 saturated carbocycles. The highest BCUT2D eigenvalue weighted by molar-refractivity contribution is 7.99. The minimum Gasteiger partial charge on any atom is -0.365 e. The van der Waals surface area contributed by atoms with Crippen molar-refractivity contribution >= 4 is 39.1 Å². The standard InChI is InChI=1S/C21H25N3S2/c1-13(2)25-21-23-19(22-12-15-7-5-4-6-8-15)18-16-10-9-14(3)11-17(16)26-20(18)24-21/h4-8,13-14H,9-12H2,1-3H3,(H,22,23,24)/t14-/m0/s1. The van der Waals surface area contributed by atoms with Crippen LogP contribution in [-0.2, 0) is 19.4 Å². The third-order valence-corrected chi connectivity index (χ3v) is 6.79. The lowest BCUT2D eigenvalue weighted by molar-refractivity contribution is 0.509. The maximum atomic E-state index is 4.90. The van der Waals surface area contributed by atoms with Crippen LogP contribution < -0.4 is 5.32 Å². The molecular formula is C21H25N3S2. The van der Waals surface area contributed by atoms with Gasteiger partial charge in [-0.1, -0.05) is 62.9 Å². The Hall–Kier alpha value is -1.59. The van der Waals surface area contributed by atoms with Crippen LogP contribution in [0.2, 0.25) is 0 Å². The molecular weight excluding hydrogens is 358 g/mol. The number of fused-ring (bicyclic) bond motifs is 3. The van der Waals surface area contributed by atoms with Crippen molar-refractivity contribution in [3.05, 3.63) is 46.3 Å². The average molecular weight is 384 g/mol. The van der Waals surface area contributed by atoms with Crippen molar-refractivity contribution in [1.29, 1.82) is 0 Å². The van der Waals surface area contributed by atoms with E-state index in [2.05, 4.69) is 56.4 Å². The first-order valence-corrected chi connectivity index (χ1v) is 11.1. The number of thioether (sulfide) groups is 1. The van der Waals surface area contributed by atoms with Crippen LogP contribution in [0.5, 0.6) is 0 Å². The van der Waals surface area contributed by atoms with E-state index in [9.17, 15) is 0 Å². The Balaban J connectivity index is 1.74. The summed E-state index contributed by atoms with van der Waals surface area (Å²) in [7, 11) is 0. The summed E-state index contributed by atoms with van der Waals surface area (Å²) in [6.45, 7) is 7.53. The quantitative estimate of drug-likeness (QED) is 0.438. The van der Waals surface area contributed by atoms with Crippen molar-refractivity contribution in [2.24, 2.45) is 5.92 Å². The van der Waals surface area contributed by atoms with Crippen LogP contribution >= 0.6 is 23.1 Å². The summed E-state index contributed by atoms with van der Waals surface area (Å²) in [5.74, 6) is 1.78. The van der Waals surface area contributed by atoms with Gasteiger partial charge in [0.25, 0.3) is 0 Å². The molecule has 0 saturated heterocycles. The van der Waals surface area contributed by atoms with Crippen LogP contribution in [0.25, 0.3) is 10.2 Å². The maximum Gasteiger partial charge on any atom is 0.191 e. The molecule has 1 atom stereocenters.